The molecule has 0 saturated carbocycles. The van der Waals surface area contributed by atoms with Crippen LogP contribution in [-0.4, -0.2) is 34.5 Å². The van der Waals surface area contributed by atoms with E-state index in [1.807, 2.05) is 0 Å². The number of halogens is 11. The van der Waals surface area contributed by atoms with E-state index in [0.29, 0.717) is 0 Å². The molecule has 3 unspecified atom stereocenters. The summed E-state index contributed by atoms with van der Waals surface area (Å²) in [5, 5.41) is -1.73. The van der Waals surface area contributed by atoms with E-state index in [2.05, 4.69) is 0 Å². The van der Waals surface area contributed by atoms with Gasteiger partial charge < -0.3 is 0 Å². The molecular weight excluding hydrogens is 498 g/mol. The summed E-state index contributed by atoms with van der Waals surface area (Å²) in [6, 6.07) is 0. The van der Waals surface area contributed by atoms with Crippen molar-refractivity contribution in [1.82, 2.24) is 0 Å². The molecule has 0 amide bonds. The van der Waals surface area contributed by atoms with E-state index in [0.717, 1.165) is 0 Å². The number of alkyl halides is 11. The topological polar surface area (TPSA) is 0 Å². The molecule has 0 nitrogen and oxygen atoms in total. The van der Waals surface area contributed by atoms with Gasteiger partial charge in [-0.1, -0.05) is 58.0 Å². The van der Waals surface area contributed by atoms with Crippen molar-refractivity contribution in [3.05, 3.63) is 0 Å². The van der Waals surface area contributed by atoms with Crippen LogP contribution < -0.4 is 0 Å². The Kier molecular flexibility index (Phi) is 10.5. The lowest BCUT2D eigenvalue weighted by atomic mass is 10.0. The largest absolute Gasteiger partial charge is 0.212 e. The molecule has 0 aliphatic heterocycles. The van der Waals surface area contributed by atoms with Crippen LogP contribution in [0.1, 0.15) is 12.8 Å². The molecule has 0 N–H and O–H groups in total. The molecule has 0 heterocycles. The third-order valence-corrected chi connectivity index (χ3v) is 8.19. The molecule has 20 heavy (non-hydrogen) atoms. The lowest BCUT2D eigenvalue weighted by molar-refractivity contribution is 0.514. The second kappa shape index (κ2) is 9.04. The molecule has 0 saturated heterocycles. The lowest BCUT2D eigenvalue weighted by Crippen LogP contribution is -2.54. The van der Waals surface area contributed by atoms with E-state index in [1.54, 1.807) is 0 Å². The van der Waals surface area contributed by atoms with E-state index in [9.17, 15) is 0 Å². The summed E-state index contributed by atoms with van der Waals surface area (Å²) < 4.78 is -3.52. The third kappa shape index (κ3) is 6.25. The maximum absolute atomic E-state index is 6.20. The molecule has 11 heteroatoms. The summed E-state index contributed by atoms with van der Waals surface area (Å²) >= 11 is 65.0. The second-order valence-electron chi connectivity index (χ2n) is 4.01. The van der Waals surface area contributed by atoms with E-state index in [-0.39, 0.29) is 18.7 Å². The Hall–Kier alpha value is 3.19. The molecule has 0 aliphatic rings. The van der Waals surface area contributed by atoms with Gasteiger partial charge in [0.05, 0.1) is 10.8 Å². The smallest absolute Gasteiger partial charge is 0.125 e. The molecule has 0 fully saturated rings. The maximum atomic E-state index is 6.20. The van der Waals surface area contributed by atoms with E-state index in [1.165, 1.54) is 0 Å². The fourth-order valence-corrected chi connectivity index (χ4v) is 4.14. The first-order chi connectivity index (χ1) is 8.79. The summed E-state index contributed by atoms with van der Waals surface area (Å²) in [4.78, 5) is -2.45. The third-order valence-electron chi connectivity index (χ3n) is 2.47. The van der Waals surface area contributed by atoms with Crippen LogP contribution in [-0.2, 0) is 0 Å². The molecule has 0 aromatic carbocycles. The minimum Gasteiger partial charge on any atom is -0.125 e. The Labute approximate surface area is 173 Å². The molecule has 0 bridgehead atoms. The second-order valence-corrected chi connectivity index (χ2v) is 10.9. The van der Waals surface area contributed by atoms with Gasteiger partial charge in [0.15, 0.2) is 0 Å². The van der Waals surface area contributed by atoms with Crippen molar-refractivity contribution in [3.63, 3.8) is 0 Å². The van der Waals surface area contributed by atoms with Crippen LogP contribution >= 0.6 is 128 Å². The SMILES string of the molecule is ClCC(Cl)(C(Cl)C(Cl)(Cl)CCC(Cl)C(Cl)Cl)C(Cl)(Cl)Cl. The van der Waals surface area contributed by atoms with E-state index in [4.69, 9.17) is 128 Å². The molecule has 0 aromatic rings. The van der Waals surface area contributed by atoms with Gasteiger partial charge in [-0.2, -0.15) is 0 Å². The van der Waals surface area contributed by atoms with Crippen LogP contribution in [0.25, 0.3) is 0 Å². The zero-order valence-corrected chi connectivity index (χ0v) is 17.8. The number of hydrogen-bond donors (Lipinski definition) is 0. The normalized spacial score (nSPS) is 19.8. The highest BCUT2D eigenvalue weighted by Gasteiger charge is 2.58. The first kappa shape index (κ1) is 23.2. The van der Waals surface area contributed by atoms with Crippen molar-refractivity contribution in [2.45, 2.75) is 41.4 Å². The average molecular weight is 507 g/mol. The van der Waals surface area contributed by atoms with Crippen molar-refractivity contribution in [2.24, 2.45) is 0 Å². The van der Waals surface area contributed by atoms with Crippen LogP contribution in [0, 0.1) is 0 Å². The predicted octanol–water partition coefficient (Wildman–Crippen LogP) is 7.55. The van der Waals surface area contributed by atoms with Gasteiger partial charge in [-0.3, -0.25) is 0 Å². The lowest BCUT2D eigenvalue weighted by Gasteiger charge is -2.41. The van der Waals surface area contributed by atoms with Crippen molar-refractivity contribution in [3.8, 4) is 0 Å². The fraction of sp³-hybridized carbons (Fsp3) is 1.00. The van der Waals surface area contributed by atoms with Gasteiger partial charge in [0.25, 0.3) is 0 Å². The summed E-state index contributed by atoms with van der Waals surface area (Å²) in [6.07, 6.45) is 0.408. The first-order valence-corrected chi connectivity index (χ1v) is 9.60. The Morgan fingerprint density at radius 1 is 0.800 bits per heavy atom. The minimum absolute atomic E-state index is 0.125. The average Bonchev–Trinajstić information content (AvgIpc) is 2.32. The van der Waals surface area contributed by atoms with Gasteiger partial charge in [0, 0.05) is 5.88 Å². The van der Waals surface area contributed by atoms with Gasteiger partial charge in [0.2, 0.25) is 3.79 Å². The maximum Gasteiger partial charge on any atom is 0.212 e. The van der Waals surface area contributed by atoms with Crippen LogP contribution in [0.2, 0.25) is 0 Å². The zero-order chi connectivity index (χ0) is 16.4. The Morgan fingerprint density at radius 2 is 1.25 bits per heavy atom. The fourth-order valence-electron chi connectivity index (χ4n) is 1.20. The van der Waals surface area contributed by atoms with Gasteiger partial charge in [-0.05, 0) is 12.8 Å². The summed E-state index contributed by atoms with van der Waals surface area (Å²) in [6.45, 7) is 0. The van der Waals surface area contributed by atoms with Crippen molar-refractivity contribution in [1.29, 1.82) is 0 Å². The van der Waals surface area contributed by atoms with E-state index >= 15 is 0 Å². The molecule has 3 atom stereocenters. The molecule has 0 radical (unpaired) electrons. The van der Waals surface area contributed by atoms with Crippen LogP contribution in [0.15, 0.2) is 0 Å². The van der Waals surface area contributed by atoms with Crippen LogP contribution in [0.4, 0.5) is 0 Å². The highest BCUT2D eigenvalue weighted by Crippen LogP contribution is 2.53. The predicted molar refractivity (Wildman–Crippen MR) is 98.0 cm³/mol. The van der Waals surface area contributed by atoms with Gasteiger partial charge in [-0.15, -0.1) is 69.6 Å². The van der Waals surface area contributed by atoms with Crippen molar-refractivity contribution < 1.29 is 0 Å². The van der Waals surface area contributed by atoms with Crippen LogP contribution in [0.3, 0.4) is 0 Å². The first-order valence-electron chi connectivity index (χ1n) is 5.05. The van der Waals surface area contributed by atoms with Gasteiger partial charge >= 0.3 is 0 Å². The molecule has 0 aromatic heterocycles. The summed E-state index contributed by atoms with van der Waals surface area (Å²) in [5.41, 5.74) is 0. The highest BCUT2D eigenvalue weighted by atomic mass is 35.6. The van der Waals surface area contributed by atoms with E-state index < -0.39 is 28.6 Å². The Balaban J connectivity index is 5.00. The molecule has 0 spiro atoms. The minimum atomic E-state index is -1.97. The van der Waals surface area contributed by atoms with Crippen LogP contribution in [0.5, 0.6) is 0 Å². The van der Waals surface area contributed by atoms with Crippen molar-refractivity contribution >= 4 is 128 Å². The standard InChI is InChI=1S/C9H9Cl11/c10-3-7(15,9(18,19)20)6(14)8(16,17)2-1-4(11)5(12)13/h4-6H,1-3H2. The monoisotopic (exact) mass is 502 g/mol. The molecule has 0 aliphatic carbocycles. The molecule has 122 valence electrons. The van der Waals surface area contributed by atoms with Crippen molar-refractivity contribution in [2.75, 3.05) is 5.88 Å². The van der Waals surface area contributed by atoms with Gasteiger partial charge in [-0.25, -0.2) is 0 Å². The molecular formula is C9H9Cl11. The number of hydrogen-bond acceptors (Lipinski definition) is 0. The summed E-state index contributed by atoms with van der Waals surface area (Å²) in [5.74, 6) is -0.279. The number of rotatable bonds is 7. The van der Waals surface area contributed by atoms with Gasteiger partial charge in [0.1, 0.15) is 14.0 Å². The molecule has 0 rings (SSSR count). The Morgan fingerprint density at radius 3 is 1.55 bits per heavy atom. The zero-order valence-electron chi connectivity index (χ0n) is 9.51. The summed E-state index contributed by atoms with van der Waals surface area (Å²) in [7, 11) is 0. The quantitative estimate of drug-likeness (QED) is 0.313. The highest BCUT2D eigenvalue weighted by molar-refractivity contribution is 6.72. The Bertz CT molecular complexity index is 299.